The monoisotopic (exact) mass is 262 g/mol. The van der Waals surface area contributed by atoms with E-state index in [0.29, 0.717) is 4.83 Å². The van der Waals surface area contributed by atoms with Crippen LogP contribution in [0.4, 0.5) is 0 Å². The molecule has 0 amide bonds. The Morgan fingerprint density at radius 1 is 1.30 bits per heavy atom. The molecule has 1 rings (SSSR count). The van der Waals surface area contributed by atoms with Crippen LogP contribution in [0.25, 0.3) is 0 Å². The maximum Gasteiger partial charge on any atom is 0.0378 e. The van der Waals surface area contributed by atoms with Crippen LogP contribution < -0.4 is 0 Å². The zero-order valence-electron chi connectivity index (χ0n) is 5.64. The van der Waals surface area contributed by atoms with Gasteiger partial charge in [-0.2, -0.15) is 0 Å². The average Bonchev–Trinajstić information content (AvgIpc) is 1.88. The number of benzene rings is 1. The Kier molecular flexibility index (Phi) is 2.93. The molecule has 0 nitrogen and oxygen atoms in total. The second kappa shape index (κ2) is 3.54. The van der Waals surface area contributed by atoms with E-state index in [1.54, 1.807) is 0 Å². The third kappa shape index (κ3) is 1.83. The van der Waals surface area contributed by atoms with Gasteiger partial charge in [0.15, 0.2) is 0 Å². The molecule has 0 aliphatic rings. The van der Waals surface area contributed by atoms with Crippen molar-refractivity contribution in [3.05, 3.63) is 34.3 Å². The molecule has 0 radical (unpaired) electrons. The van der Waals surface area contributed by atoms with Crippen LogP contribution in [0.1, 0.15) is 17.3 Å². The highest BCUT2D eigenvalue weighted by atomic mass is 79.9. The lowest BCUT2D eigenvalue weighted by molar-refractivity contribution is 1.11. The number of halogens is 2. The minimum absolute atomic E-state index is 0.420. The number of alkyl halides is 1. The van der Waals surface area contributed by atoms with E-state index >= 15 is 0 Å². The van der Waals surface area contributed by atoms with Crippen LogP contribution in [-0.2, 0) is 0 Å². The molecular weight excluding hydrogens is 256 g/mol. The van der Waals surface area contributed by atoms with Crippen LogP contribution in [0.3, 0.4) is 0 Å². The molecule has 0 fully saturated rings. The maximum atomic E-state index is 3.50. The van der Waals surface area contributed by atoms with Gasteiger partial charge < -0.3 is 0 Å². The van der Waals surface area contributed by atoms with Crippen LogP contribution in [0.5, 0.6) is 0 Å². The second-order valence-corrected chi connectivity index (χ2v) is 4.37. The van der Waals surface area contributed by atoms with Gasteiger partial charge in [-0.3, -0.25) is 0 Å². The third-order valence-electron chi connectivity index (χ3n) is 1.33. The van der Waals surface area contributed by atoms with Crippen molar-refractivity contribution < 1.29 is 0 Å². The minimum atomic E-state index is 0.420. The Bertz CT molecular complexity index is 218. The van der Waals surface area contributed by atoms with Crippen molar-refractivity contribution in [2.24, 2.45) is 0 Å². The van der Waals surface area contributed by atoms with Gasteiger partial charge in [0.1, 0.15) is 0 Å². The summed E-state index contributed by atoms with van der Waals surface area (Å²) in [4.78, 5) is 0.420. The largest absolute Gasteiger partial charge is 0.0841 e. The Morgan fingerprint density at radius 3 is 2.30 bits per heavy atom. The average molecular weight is 264 g/mol. The molecule has 0 bridgehead atoms. The van der Waals surface area contributed by atoms with Gasteiger partial charge in [0.25, 0.3) is 0 Å². The van der Waals surface area contributed by atoms with E-state index in [1.807, 2.05) is 18.2 Å². The molecule has 0 aromatic heterocycles. The molecule has 2 heteroatoms. The fourth-order valence-electron chi connectivity index (χ4n) is 0.798. The zero-order chi connectivity index (χ0) is 7.56. The van der Waals surface area contributed by atoms with Gasteiger partial charge in [-0.1, -0.05) is 50.1 Å². The first-order valence-corrected chi connectivity index (χ1v) is 4.81. The van der Waals surface area contributed by atoms with Crippen LogP contribution in [0, 0.1) is 0 Å². The van der Waals surface area contributed by atoms with Crippen molar-refractivity contribution in [3.63, 3.8) is 0 Å². The Balaban J connectivity index is 3.03. The van der Waals surface area contributed by atoms with Gasteiger partial charge in [0.05, 0.1) is 0 Å². The SMILES string of the molecule is CC(Br)c1ccccc1Br. The fraction of sp³-hybridized carbons (Fsp3) is 0.250. The molecule has 54 valence electrons. The summed E-state index contributed by atoms with van der Waals surface area (Å²) in [7, 11) is 0. The van der Waals surface area contributed by atoms with Crippen LogP contribution >= 0.6 is 31.9 Å². The van der Waals surface area contributed by atoms with Gasteiger partial charge in [0.2, 0.25) is 0 Å². The summed E-state index contributed by atoms with van der Waals surface area (Å²) in [6, 6.07) is 8.21. The molecule has 1 aromatic rings. The molecule has 10 heavy (non-hydrogen) atoms. The molecule has 0 saturated carbocycles. The number of hydrogen-bond acceptors (Lipinski definition) is 0. The normalized spacial score (nSPS) is 13.1. The first-order chi connectivity index (χ1) is 4.72. The van der Waals surface area contributed by atoms with Crippen molar-refractivity contribution in [2.75, 3.05) is 0 Å². The first kappa shape index (κ1) is 8.28. The summed E-state index contributed by atoms with van der Waals surface area (Å²) in [6.45, 7) is 2.11. The number of hydrogen-bond donors (Lipinski definition) is 0. The van der Waals surface area contributed by atoms with Crippen molar-refractivity contribution >= 4 is 31.9 Å². The predicted octanol–water partition coefficient (Wildman–Crippen LogP) is 3.91. The van der Waals surface area contributed by atoms with E-state index in [0.717, 1.165) is 0 Å². The fourth-order valence-corrected chi connectivity index (χ4v) is 2.13. The van der Waals surface area contributed by atoms with E-state index in [4.69, 9.17) is 0 Å². The molecule has 0 aliphatic heterocycles. The second-order valence-electron chi connectivity index (χ2n) is 2.14. The van der Waals surface area contributed by atoms with Gasteiger partial charge in [-0.05, 0) is 18.6 Å². The van der Waals surface area contributed by atoms with Gasteiger partial charge in [-0.25, -0.2) is 0 Å². The standard InChI is InChI=1S/C8H8Br2/c1-6(9)7-4-2-3-5-8(7)10/h2-6H,1H3. The number of rotatable bonds is 1. The van der Waals surface area contributed by atoms with Crippen LogP contribution in [-0.4, -0.2) is 0 Å². The summed E-state index contributed by atoms with van der Waals surface area (Å²) >= 11 is 6.97. The lowest BCUT2D eigenvalue weighted by Gasteiger charge is -2.04. The lowest BCUT2D eigenvalue weighted by Crippen LogP contribution is -1.83. The van der Waals surface area contributed by atoms with Crippen LogP contribution in [0.2, 0.25) is 0 Å². The highest BCUT2D eigenvalue weighted by Gasteiger charge is 2.02. The maximum absolute atomic E-state index is 3.50. The predicted molar refractivity (Wildman–Crippen MR) is 51.5 cm³/mol. The Labute approximate surface area is 77.9 Å². The molecular formula is C8H8Br2. The van der Waals surface area contributed by atoms with Crippen molar-refractivity contribution in [1.82, 2.24) is 0 Å². The van der Waals surface area contributed by atoms with Crippen molar-refractivity contribution in [2.45, 2.75) is 11.8 Å². The molecule has 1 atom stereocenters. The summed E-state index contributed by atoms with van der Waals surface area (Å²) < 4.78 is 1.17. The van der Waals surface area contributed by atoms with Crippen molar-refractivity contribution in [1.29, 1.82) is 0 Å². The molecule has 1 aromatic carbocycles. The van der Waals surface area contributed by atoms with E-state index in [2.05, 4.69) is 44.8 Å². The molecule has 0 aliphatic carbocycles. The molecule has 0 saturated heterocycles. The Hall–Kier alpha value is 0.180. The topological polar surface area (TPSA) is 0 Å². The lowest BCUT2D eigenvalue weighted by atomic mass is 10.2. The third-order valence-corrected chi connectivity index (χ3v) is 2.55. The molecule has 1 unspecified atom stereocenters. The summed E-state index contributed by atoms with van der Waals surface area (Å²) in [5.74, 6) is 0. The highest BCUT2D eigenvalue weighted by Crippen LogP contribution is 2.28. The smallest absolute Gasteiger partial charge is 0.0378 e. The van der Waals surface area contributed by atoms with E-state index < -0.39 is 0 Å². The zero-order valence-corrected chi connectivity index (χ0v) is 8.81. The van der Waals surface area contributed by atoms with Gasteiger partial charge in [-0.15, -0.1) is 0 Å². The van der Waals surface area contributed by atoms with E-state index in [9.17, 15) is 0 Å². The van der Waals surface area contributed by atoms with Gasteiger partial charge >= 0.3 is 0 Å². The first-order valence-electron chi connectivity index (χ1n) is 3.10. The highest BCUT2D eigenvalue weighted by molar-refractivity contribution is 9.11. The molecule has 0 heterocycles. The minimum Gasteiger partial charge on any atom is -0.0841 e. The summed E-state index contributed by atoms with van der Waals surface area (Å²) in [6.07, 6.45) is 0. The summed E-state index contributed by atoms with van der Waals surface area (Å²) in [5, 5.41) is 0. The van der Waals surface area contributed by atoms with E-state index in [1.165, 1.54) is 10.0 Å². The van der Waals surface area contributed by atoms with E-state index in [-0.39, 0.29) is 0 Å². The molecule has 0 spiro atoms. The van der Waals surface area contributed by atoms with Crippen LogP contribution in [0.15, 0.2) is 28.7 Å². The molecule has 0 N–H and O–H groups in total. The Morgan fingerprint density at radius 2 is 1.90 bits per heavy atom. The summed E-state index contributed by atoms with van der Waals surface area (Å²) in [5.41, 5.74) is 1.29. The van der Waals surface area contributed by atoms with Gasteiger partial charge in [0, 0.05) is 9.30 Å². The van der Waals surface area contributed by atoms with Crippen molar-refractivity contribution in [3.8, 4) is 0 Å². The quantitative estimate of drug-likeness (QED) is 0.674.